The van der Waals surface area contributed by atoms with Crippen LogP contribution in [0.15, 0.2) is 36.4 Å². The molecule has 6 heteroatoms. The van der Waals surface area contributed by atoms with Crippen molar-refractivity contribution in [3.8, 4) is 0 Å². The fourth-order valence-corrected chi connectivity index (χ4v) is 3.54. The molecular formula is C22H31NO5. The molecule has 0 aliphatic carbocycles. The van der Waals surface area contributed by atoms with Gasteiger partial charge in [-0.05, 0) is 30.4 Å². The number of hydrogen-bond acceptors (Lipinski definition) is 4. The van der Waals surface area contributed by atoms with Crippen LogP contribution in [0.2, 0.25) is 0 Å². The molecule has 1 aromatic carbocycles. The number of nitrogens with zero attached hydrogens (tertiary/aromatic N) is 1. The van der Waals surface area contributed by atoms with E-state index >= 15 is 0 Å². The molecule has 1 saturated heterocycles. The van der Waals surface area contributed by atoms with Crippen LogP contribution in [0.3, 0.4) is 0 Å². The van der Waals surface area contributed by atoms with E-state index in [1.54, 1.807) is 13.2 Å². The number of aliphatic carboxylic acids is 1. The second kappa shape index (κ2) is 11.6. The molecule has 2 atom stereocenters. The number of ether oxygens (including phenoxy) is 1. The first-order chi connectivity index (χ1) is 13.5. The standard InChI is InChI=1S/C22H31NO5/c1-28-16-17-7-6-8-18(15-17)20(24)12-10-19-11-13-21(25)23(19)14-5-3-2-4-9-22(26)27/h6-8,10,12,15,19-20,24H,2-5,9,11,13-14,16H2,1H3,(H,26,27)/b12-10+/t19-,20+/m0/s1. The molecule has 2 rings (SSSR count). The number of hydrogen-bond donors (Lipinski definition) is 2. The molecule has 0 unspecified atom stereocenters. The van der Waals surface area contributed by atoms with Gasteiger partial charge in [0.2, 0.25) is 5.91 Å². The third kappa shape index (κ3) is 7.09. The Hall–Kier alpha value is -2.18. The van der Waals surface area contributed by atoms with Crippen molar-refractivity contribution < 1.29 is 24.5 Å². The fraction of sp³-hybridized carbons (Fsp3) is 0.545. The van der Waals surface area contributed by atoms with Gasteiger partial charge in [-0.3, -0.25) is 9.59 Å². The first-order valence-electron chi connectivity index (χ1n) is 9.96. The monoisotopic (exact) mass is 389 g/mol. The summed E-state index contributed by atoms with van der Waals surface area (Å²) in [5, 5.41) is 19.1. The summed E-state index contributed by atoms with van der Waals surface area (Å²) in [6.45, 7) is 1.18. The molecule has 2 N–H and O–H groups in total. The summed E-state index contributed by atoms with van der Waals surface area (Å²) in [5.74, 6) is -0.608. The number of unbranched alkanes of at least 4 members (excludes halogenated alkanes) is 3. The number of amides is 1. The molecule has 1 heterocycles. The smallest absolute Gasteiger partial charge is 0.303 e. The van der Waals surface area contributed by atoms with Crippen LogP contribution in [0.5, 0.6) is 0 Å². The highest BCUT2D eigenvalue weighted by Crippen LogP contribution is 2.23. The van der Waals surface area contributed by atoms with E-state index in [2.05, 4.69) is 0 Å². The van der Waals surface area contributed by atoms with E-state index in [0.29, 0.717) is 26.0 Å². The average molecular weight is 389 g/mol. The summed E-state index contributed by atoms with van der Waals surface area (Å²) in [6, 6.07) is 7.67. The van der Waals surface area contributed by atoms with Gasteiger partial charge in [0.1, 0.15) is 0 Å². The summed E-state index contributed by atoms with van der Waals surface area (Å²) < 4.78 is 5.13. The molecule has 1 aliphatic rings. The summed E-state index contributed by atoms with van der Waals surface area (Å²) in [5.41, 5.74) is 1.81. The van der Waals surface area contributed by atoms with Crippen molar-refractivity contribution in [3.63, 3.8) is 0 Å². The highest BCUT2D eigenvalue weighted by Gasteiger charge is 2.28. The van der Waals surface area contributed by atoms with Crippen LogP contribution >= 0.6 is 0 Å². The highest BCUT2D eigenvalue weighted by molar-refractivity contribution is 5.79. The Kier molecular flexibility index (Phi) is 9.17. The largest absolute Gasteiger partial charge is 0.481 e. The minimum atomic E-state index is -0.758. The molecule has 28 heavy (non-hydrogen) atoms. The predicted molar refractivity (Wildman–Crippen MR) is 107 cm³/mol. The van der Waals surface area contributed by atoms with Gasteiger partial charge in [-0.1, -0.05) is 49.3 Å². The van der Waals surface area contributed by atoms with Crippen molar-refractivity contribution in [1.82, 2.24) is 4.90 Å². The van der Waals surface area contributed by atoms with Crippen LogP contribution in [0.25, 0.3) is 0 Å². The van der Waals surface area contributed by atoms with Gasteiger partial charge in [0, 0.05) is 26.5 Å². The Morgan fingerprint density at radius 3 is 2.86 bits per heavy atom. The van der Waals surface area contributed by atoms with Crippen molar-refractivity contribution in [2.45, 2.75) is 63.7 Å². The normalized spacial score (nSPS) is 18.1. The van der Waals surface area contributed by atoms with E-state index in [9.17, 15) is 14.7 Å². The molecule has 1 fully saturated rings. The third-order valence-electron chi connectivity index (χ3n) is 5.03. The fourth-order valence-electron chi connectivity index (χ4n) is 3.54. The zero-order chi connectivity index (χ0) is 20.4. The van der Waals surface area contributed by atoms with Gasteiger partial charge in [-0.25, -0.2) is 0 Å². The number of aliphatic hydroxyl groups excluding tert-OH is 1. The lowest BCUT2D eigenvalue weighted by molar-refractivity contribution is -0.137. The van der Waals surface area contributed by atoms with E-state index in [-0.39, 0.29) is 18.4 Å². The molecule has 6 nitrogen and oxygen atoms in total. The van der Waals surface area contributed by atoms with Gasteiger partial charge in [0.15, 0.2) is 0 Å². The zero-order valence-electron chi connectivity index (χ0n) is 16.5. The number of carbonyl (C=O) groups is 2. The number of carboxylic acid groups (broad SMARTS) is 1. The summed E-state index contributed by atoms with van der Waals surface area (Å²) in [4.78, 5) is 24.6. The number of carboxylic acids is 1. The van der Waals surface area contributed by atoms with Gasteiger partial charge in [-0.2, -0.15) is 0 Å². The van der Waals surface area contributed by atoms with Crippen LogP contribution < -0.4 is 0 Å². The molecule has 0 radical (unpaired) electrons. The van der Waals surface area contributed by atoms with Gasteiger partial charge >= 0.3 is 5.97 Å². The first-order valence-corrected chi connectivity index (χ1v) is 9.96. The second-order valence-electron chi connectivity index (χ2n) is 7.26. The number of benzene rings is 1. The predicted octanol–water partition coefficient (Wildman–Crippen LogP) is 3.45. The number of carbonyl (C=O) groups excluding carboxylic acids is 1. The van der Waals surface area contributed by atoms with Crippen LogP contribution in [-0.2, 0) is 20.9 Å². The van der Waals surface area contributed by atoms with Gasteiger partial charge in [-0.15, -0.1) is 0 Å². The Labute approximate surface area is 166 Å². The summed E-state index contributed by atoms with van der Waals surface area (Å²) in [6.07, 6.45) is 7.82. The van der Waals surface area contributed by atoms with E-state index in [0.717, 1.165) is 36.8 Å². The molecule has 1 aromatic rings. The van der Waals surface area contributed by atoms with E-state index in [1.165, 1.54) is 0 Å². The zero-order valence-corrected chi connectivity index (χ0v) is 16.5. The van der Waals surface area contributed by atoms with Crippen molar-refractivity contribution >= 4 is 11.9 Å². The molecule has 0 bridgehead atoms. The van der Waals surface area contributed by atoms with Crippen LogP contribution in [0.1, 0.15) is 62.2 Å². The molecule has 1 amide bonds. The Morgan fingerprint density at radius 1 is 1.32 bits per heavy atom. The SMILES string of the molecule is COCc1cccc([C@H](O)/C=C/[C@H]2CCC(=O)N2CCCCCCC(=O)O)c1. The molecular weight excluding hydrogens is 358 g/mol. The minimum Gasteiger partial charge on any atom is -0.481 e. The van der Waals surface area contributed by atoms with Crippen molar-refractivity contribution in [3.05, 3.63) is 47.5 Å². The quantitative estimate of drug-likeness (QED) is 0.422. The van der Waals surface area contributed by atoms with Crippen molar-refractivity contribution in [2.75, 3.05) is 13.7 Å². The van der Waals surface area contributed by atoms with Crippen LogP contribution in [0, 0.1) is 0 Å². The topological polar surface area (TPSA) is 87.1 Å². The number of aliphatic hydroxyl groups is 1. The molecule has 1 aliphatic heterocycles. The maximum atomic E-state index is 12.2. The van der Waals surface area contributed by atoms with Gasteiger partial charge in [0.25, 0.3) is 0 Å². The average Bonchev–Trinajstić information content (AvgIpc) is 3.02. The second-order valence-corrected chi connectivity index (χ2v) is 7.26. The highest BCUT2D eigenvalue weighted by atomic mass is 16.5. The molecule has 154 valence electrons. The summed E-state index contributed by atoms with van der Waals surface area (Å²) in [7, 11) is 1.64. The maximum absolute atomic E-state index is 12.2. The van der Waals surface area contributed by atoms with Crippen molar-refractivity contribution in [2.24, 2.45) is 0 Å². The van der Waals surface area contributed by atoms with Crippen LogP contribution in [-0.4, -0.2) is 46.7 Å². The maximum Gasteiger partial charge on any atom is 0.303 e. The first kappa shape index (κ1) is 22.1. The number of rotatable bonds is 12. The number of methoxy groups -OCH3 is 1. The molecule has 0 aromatic heterocycles. The Balaban J connectivity index is 1.84. The van der Waals surface area contributed by atoms with Crippen LogP contribution in [0.4, 0.5) is 0 Å². The Morgan fingerprint density at radius 2 is 2.11 bits per heavy atom. The summed E-state index contributed by atoms with van der Waals surface area (Å²) >= 11 is 0. The minimum absolute atomic E-state index is 0.0170. The third-order valence-corrected chi connectivity index (χ3v) is 5.03. The van der Waals surface area contributed by atoms with Gasteiger partial charge in [0.05, 0.1) is 18.8 Å². The lowest BCUT2D eigenvalue weighted by atomic mass is 10.0. The van der Waals surface area contributed by atoms with E-state index in [4.69, 9.17) is 9.84 Å². The lowest BCUT2D eigenvalue weighted by Crippen LogP contribution is -2.32. The number of likely N-dealkylation sites (tertiary alicyclic amines) is 1. The molecule has 0 spiro atoms. The lowest BCUT2D eigenvalue weighted by Gasteiger charge is -2.22. The van der Waals surface area contributed by atoms with Gasteiger partial charge < -0.3 is 19.8 Å². The van der Waals surface area contributed by atoms with E-state index in [1.807, 2.05) is 35.2 Å². The Bertz CT molecular complexity index is 673. The van der Waals surface area contributed by atoms with Crippen molar-refractivity contribution in [1.29, 1.82) is 0 Å². The molecule has 0 saturated carbocycles. The van der Waals surface area contributed by atoms with E-state index < -0.39 is 12.1 Å².